The summed E-state index contributed by atoms with van der Waals surface area (Å²) in [6, 6.07) is 1.42. The van der Waals surface area contributed by atoms with E-state index in [9.17, 15) is 9.59 Å². The Labute approximate surface area is 156 Å². The maximum Gasteiger partial charge on any atom is 0.237 e. The van der Waals surface area contributed by atoms with Crippen molar-refractivity contribution in [1.82, 2.24) is 25.1 Å². The zero-order chi connectivity index (χ0) is 18.4. The van der Waals surface area contributed by atoms with Crippen LogP contribution in [0.15, 0.2) is 40.6 Å². The highest BCUT2D eigenvalue weighted by molar-refractivity contribution is 7.99. The van der Waals surface area contributed by atoms with Gasteiger partial charge < -0.3 is 19.6 Å². The average molecular weight is 377 g/mol. The van der Waals surface area contributed by atoms with Crippen LogP contribution in [0.4, 0.5) is 0 Å². The molecule has 0 unspecified atom stereocenters. The van der Waals surface area contributed by atoms with Crippen LogP contribution in [0.2, 0.25) is 0 Å². The molecule has 1 saturated heterocycles. The molecule has 26 heavy (non-hydrogen) atoms. The number of rotatable bonds is 8. The van der Waals surface area contributed by atoms with Crippen molar-refractivity contribution in [2.75, 3.05) is 25.4 Å². The lowest BCUT2D eigenvalue weighted by atomic mass is 10.1. The minimum absolute atomic E-state index is 0.0997. The van der Waals surface area contributed by atoms with Crippen LogP contribution in [0, 0.1) is 0 Å². The van der Waals surface area contributed by atoms with Crippen molar-refractivity contribution in [2.24, 2.45) is 7.05 Å². The fourth-order valence-electron chi connectivity index (χ4n) is 2.86. The molecule has 8 nitrogen and oxygen atoms in total. The van der Waals surface area contributed by atoms with Crippen molar-refractivity contribution in [3.63, 3.8) is 0 Å². The molecule has 0 aromatic carbocycles. The van der Waals surface area contributed by atoms with Crippen LogP contribution in [0.3, 0.4) is 0 Å². The Hall–Kier alpha value is -2.26. The number of aryl methyl sites for hydroxylation is 1. The predicted molar refractivity (Wildman–Crippen MR) is 97.5 cm³/mol. The Morgan fingerprint density at radius 3 is 3.15 bits per heavy atom. The van der Waals surface area contributed by atoms with Gasteiger partial charge in [-0.2, -0.15) is 0 Å². The number of piperazine rings is 1. The Balaban J connectivity index is 1.46. The largest absolute Gasteiger partial charge is 0.472 e. The van der Waals surface area contributed by atoms with Gasteiger partial charge in [0.25, 0.3) is 0 Å². The molecule has 3 heterocycles. The van der Waals surface area contributed by atoms with E-state index in [0.717, 1.165) is 16.5 Å². The maximum absolute atomic E-state index is 12.3. The van der Waals surface area contributed by atoms with Gasteiger partial charge in [-0.15, -0.1) is 0 Å². The molecule has 140 valence electrons. The molecule has 1 aliphatic rings. The number of amides is 2. The van der Waals surface area contributed by atoms with E-state index in [0.29, 0.717) is 26.2 Å². The Kier molecular flexibility index (Phi) is 6.35. The average Bonchev–Trinajstić information content (AvgIpc) is 3.27. The number of hydrogen-bond acceptors (Lipinski definition) is 6. The SMILES string of the molecule is Cn1ccnc1SCCNC(=O)C[C@H]1C(=O)NCCN1Cc1ccoc1. The molecule has 0 spiro atoms. The first-order valence-electron chi connectivity index (χ1n) is 8.53. The summed E-state index contributed by atoms with van der Waals surface area (Å²) < 4.78 is 7.03. The topological polar surface area (TPSA) is 92.4 Å². The van der Waals surface area contributed by atoms with Gasteiger partial charge in [-0.25, -0.2) is 4.98 Å². The van der Waals surface area contributed by atoms with Gasteiger partial charge in [-0.05, 0) is 6.07 Å². The van der Waals surface area contributed by atoms with E-state index < -0.39 is 6.04 Å². The zero-order valence-electron chi connectivity index (χ0n) is 14.7. The molecule has 0 bridgehead atoms. The number of nitrogens with zero attached hydrogens (tertiary/aromatic N) is 3. The molecule has 2 N–H and O–H groups in total. The fourth-order valence-corrected chi connectivity index (χ4v) is 3.65. The van der Waals surface area contributed by atoms with Crippen LogP contribution in [0.1, 0.15) is 12.0 Å². The van der Waals surface area contributed by atoms with Gasteiger partial charge in [0, 0.05) is 56.9 Å². The summed E-state index contributed by atoms with van der Waals surface area (Å²) in [5.41, 5.74) is 0.997. The Morgan fingerprint density at radius 2 is 2.42 bits per heavy atom. The molecule has 2 aromatic heterocycles. The molecule has 1 atom stereocenters. The molecule has 2 aromatic rings. The number of aromatic nitrogens is 2. The summed E-state index contributed by atoms with van der Waals surface area (Å²) in [6.45, 7) is 2.43. The summed E-state index contributed by atoms with van der Waals surface area (Å²) >= 11 is 1.58. The number of imidazole rings is 1. The molecule has 0 radical (unpaired) electrons. The third-order valence-corrected chi connectivity index (χ3v) is 5.28. The highest BCUT2D eigenvalue weighted by Gasteiger charge is 2.31. The van der Waals surface area contributed by atoms with Gasteiger partial charge in [-0.3, -0.25) is 14.5 Å². The van der Waals surface area contributed by atoms with E-state index in [1.54, 1.807) is 30.5 Å². The van der Waals surface area contributed by atoms with Gasteiger partial charge in [0.1, 0.15) is 0 Å². The van der Waals surface area contributed by atoms with Crippen molar-refractivity contribution in [3.05, 3.63) is 36.5 Å². The van der Waals surface area contributed by atoms with Crippen LogP contribution in [-0.4, -0.2) is 57.7 Å². The number of carbonyl (C=O) groups excluding carboxylic acids is 2. The lowest BCUT2D eigenvalue weighted by Crippen LogP contribution is -2.56. The van der Waals surface area contributed by atoms with Gasteiger partial charge in [0.15, 0.2) is 5.16 Å². The summed E-state index contributed by atoms with van der Waals surface area (Å²) in [5, 5.41) is 6.64. The highest BCUT2D eigenvalue weighted by Crippen LogP contribution is 2.15. The predicted octanol–water partition coefficient (Wildman–Crippen LogP) is 0.612. The minimum atomic E-state index is -0.458. The van der Waals surface area contributed by atoms with Gasteiger partial charge in [0.2, 0.25) is 11.8 Å². The monoisotopic (exact) mass is 377 g/mol. The Bertz CT molecular complexity index is 731. The van der Waals surface area contributed by atoms with E-state index in [-0.39, 0.29) is 18.2 Å². The van der Waals surface area contributed by atoms with Crippen molar-refractivity contribution < 1.29 is 14.0 Å². The molecule has 0 aliphatic carbocycles. The van der Waals surface area contributed by atoms with Crippen molar-refractivity contribution >= 4 is 23.6 Å². The molecule has 9 heteroatoms. The standard InChI is InChI=1S/C17H23N5O3S/c1-21-6-3-20-17(21)26-9-5-18-15(23)10-14-16(24)19-4-7-22(14)11-13-2-8-25-12-13/h2-3,6,8,12,14H,4-5,7,9-11H2,1H3,(H,18,23)(H,19,24)/t14-/m0/s1. The van der Waals surface area contributed by atoms with Crippen LogP contribution in [0.25, 0.3) is 0 Å². The van der Waals surface area contributed by atoms with E-state index in [1.807, 2.05) is 28.8 Å². The molecular weight excluding hydrogens is 354 g/mol. The maximum atomic E-state index is 12.3. The lowest BCUT2D eigenvalue weighted by Gasteiger charge is -2.34. The van der Waals surface area contributed by atoms with E-state index >= 15 is 0 Å². The molecule has 1 aliphatic heterocycles. The van der Waals surface area contributed by atoms with E-state index in [1.165, 1.54) is 0 Å². The smallest absolute Gasteiger partial charge is 0.237 e. The fraction of sp³-hybridized carbons (Fsp3) is 0.471. The first-order valence-corrected chi connectivity index (χ1v) is 9.51. The van der Waals surface area contributed by atoms with E-state index in [4.69, 9.17) is 4.42 Å². The van der Waals surface area contributed by atoms with Crippen molar-refractivity contribution in [2.45, 2.75) is 24.2 Å². The third kappa shape index (κ3) is 4.89. The first kappa shape index (κ1) is 18.5. The zero-order valence-corrected chi connectivity index (χ0v) is 15.5. The van der Waals surface area contributed by atoms with Crippen LogP contribution in [0.5, 0.6) is 0 Å². The number of thioether (sulfide) groups is 1. The number of hydrogen-bond donors (Lipinski definition) is 2. The molecule has 0 saturated carbocycles. The van der Waals surface area contributed by atoms with Crippen molar-refractivity contribution in [3.8, 4) is 0 Å². The number of carbonyl (C=O) groups is 2. The van der Waals surface area contributed by atoms with Gasteiger partial charge in [-0.1, -0.05) is 11.8 Å². The van der Waals surface area contributed by atoms with Gasteiger partial charge >= 0.3 is 0 Å². The van der Waals surface area contributed by atoms with Crippen LogP contribution < -0.4 is 10.6 Å². The van der Waals surface area contributed by atoms with Crippen LogP contribution >= 0.6 is 11.8 Å². The first-order chi connectivity index (χ1) is 12.6. The molecule has 2 amide bonds. The van der Waals surface area contributed by atoms with Crippen molar-refractivity contribution in [1.29, 1.82) is 0 Å². The summed E-state index contributed by atoms with van der Waals surface area (Å²) in [5.74, 6) is 0.508. The third-order valence-electron chi connectivity index (χ3n) is 4.22. The lowest BCUT2D eigenvalue weighted by molar-refractivity contribution is -0.134. The number of nitrogens with one attached hydrogen (secondary N) is 2. The van der Waals surface area contributed by atoms with Crippen LogP contribution in [-0.2, 0) is 23.2 Å². The Morgan fingerprint density at radius 1 is 1.54 bits per heavy atom. The van der Waals surface area contributed by atoms with E-state index in [2.05, 4.69) is 15.6 Å². The summed E-state index contributed by atoms with van der Waals surface area (Å²) in [6.07, 6.45) is 7.06. The second-order valence-corrected chi connectivity index (χ2v) is 7.19. The van der Waals surface area contributed by atoms with Gasteiger partial charge in [0.05, 0.1) is 25.0 Å². The summed E-state index contributed by atoms with van der Waals surface area (Å²) in [4.78, 5) is 30.7. The molecular formula is C17H23N5O3S. The number of furan rings is 1. The summed E-state index contributed by atoms with van der Waals surface area (Å²) in [7, 11) is 1.93. The minimum Gasteiger partial charge on any atom is -0.472 e. The molecule has 1 fully saturated rings. The molecule has 3 rings (SSSR count). The normalized spacial score (nSPS) is 17.9. The highest BCUT2D eigenvalue weighted by atomic mass is 32.2. The second-order valence-electron chi connectivity index (χ2n) is 6.13. The second kappa shape index (κ2) is 8.91. The quantitative estimate of drug-likeness (QED) is 0.517.